The Morgan fingerprint density at radius 1 is 1.50 bits per heavy atom. The highest BCUT2D eigenvalue weighted by Crippen LogP contribution is 2.32. The highest BCUT2D eigenvalue weighted by Gasteiger charge is 2.32. The maximum absolute atomic E-state index is 13.4. The summed E-state index contributed by atoms with van der Waals surface area (Å²) in [6.45, 7) is 2.73. The summed E-state index contributed by atoms with van der Waals surface area (Å²) in [6, 6.07) is 4.62. The van der Waals surface area contributed by atoms with Gasteiger partial charge in [-0.15, -0.1) is 0 Å². The summed E-state index contributed by atoms with van der Waals surface area (Å²) in [5.41, 5.74) is 7.18. The van der Waals surface area contributed by atoms with Gasteiger partial charge >= 0.3 is 0 Å². The molecule has 2 N–H and O–H groups in total. The van der Waals surface area contributed by atoms with Crippen LogP contribution in [0.5, 0.6) is 0 Å². The van der Waals surface area contributed by atoms with Crippen molar-refractivity contribution in [3.05, 3.63) is 34.1 Å². The minimum Gasteiger partial charge on any atom is -0.334 e. The summed E-state index contributed by atoms with van der Waals surface area (Å²) in [6.07, 6.45) is 3.06. The lowest BCUT2D eigenvalue weighted by Gasteiger charge is -2.34. The Kier molecular flexibility index (Phi) is 5.16. The Hall–Kier alpha value is -0.940. The topological polar surface area (TPSA) is 46.3 Å². The fourth-order valence-electron chi connectivity index (χ4n) is 2.80. The Balaban J connectivity index is 2.40. The summed E-state index contributed by atoms with van der Waals surface area (Å²) < 4.78 is 13.8. The molecule has 1 aromatic carbocycles. The number of hydrogen-bond donors (Lipinski definition) is 1. The summed E-state index contributed by atoms with van der Waals surface area (Å²) in [7, 11) is 0. The third kappa shape index (κ3) is 3.20. The van der Waals surface area contributed by atoms with Crippen LogP contribution in [0, 0.1) is 5.82 Å². The number of hydrogen-bond acceptors (Lipinski definition) is 2. The van der Waals surface area contributed by atoms with Gasteiger partial charge in [-0.05, 0) is 52.9 Å². The standard InChI is InChI=1S/C15H20BrFN2O/c1-2-8-19-14(20)5-3-4-13(18)15(19)10-6-7-12(17)11(16)9-10/h6-7,9,13,15H,2-5,8,18H2,1H3. The van der Waals surface area contributed by atoms with Crippen molar-refractivity contribution in [1.29, 1.82) is 0 Å². The largest absolute Gasteiger partial charge is 0.334 e. The molecule has 0 aliphatic carbocycles. The Morgan fingerprint density at radius 3 is 2.90 bits per heavy atom. The molecule has 0 aromatic heterocycles. The van der Waals surface area contributed by atoms with E-state index in [1.165, 1.54) is 6.07 Å². The summed E-state index contributed by atoms with van der Waals surface area (Å²) in [5, 5.41) is 0. The highest BCUT2D eigenvalue weighted by molar-refractivity contribution is 9.10. The van der Waals surface area contributed by atoms with Crippen molar-refractivity contribution in [2.24, 2.45) is 5.73 Å². The summed E-state index contributed by atoms with van der Waals surface area (Å²) >= 11 is 3.21. The van der Waals surface area contributed by atoms with Crippen LogP contribution < -0.4 is 5.73 Å². The van der Waals surface area contributed by atoms with Crippen molar-refractivity contribution in [3.63, 3.8) is 0 Å². The molecular weight excluding hydrogens is 323 g/mol. The van der Waals surface area contributed by atoms with Gasteiger partial charge < -0.3 is 10.6 Å². The van der Waals surface area contributed by atoms with Crippen LogP contribution in [0.4, 0.5) is 4.39 Å². The van der Waals surface area contributed by atoms with Crippen LogP contribution in [0.3, 0.4) is 0 Å². The van der Waals surface area contributed by atoms with Gasteiger partial charge in [0.1, 0.15) is 5.82 Å². The van der Waals surface area contributed by atoms with Gasteiger partial charge in [0.2, 0.25) is 5.91 Å². The zero-order valence-electron chi connectivity index (χ0n) is 11.6. The number of benzene rings is 1. The number of nitrogens with zero attached hydrogens (tertiary/aromatic N) is 1. The summed E-state index contributed by atoms with van der Waals surface area (Å²) in [5.74, 6) is -0.158. The number of nitrogens with two attached hydrogens (primary N) is 1. The molecule has 1 aliphatic rings. The van der Waals surface area contributed by atoms with Crippen LogP contribution >= 0.6 is 15.9 Å². The van der Waals surface area contributed by atoms with Crippen LogP contribution in [-0.4, -0.2) is 23.4 Å². The third-order valence-corrected chi connectivity index (χ3v) is 4.35. The van der Waals surface area contributed by atoms with Gasteiger partial charge in [0.25, 0.3) is 0 Å². The molecule has 20 heavy (non-hydrogen) atoms. The predicted octanol–water partition coefficient (Wildman–Crippen LogP) is 3.38. The number of likely N-dealkylation sites (tertiary alicyclic amines) is 1. The zero-order chi connectivity index (χ0) is 14.7. The molecule has 1 saturated heterocycles. The van der Waals surface area contributed by atoms with Crippen molar-refractivity contribution in [1.82, 2.24) is 4.90 Å². The van der Waals surface area contributed by atoms with Gasteiger partial charge in [0.15, 0.2) is 0 Å². The molecule has 2 rings (SSSR count). The average Bonchev–Trinajstić information content (AvgIpc) is 2.54. The first-order valence-electron chi connectivity index (χ1n) is 7.04. The van der Waals surface area contributed by atoms with E-state index in [9.17, 15) is 9.18 Å². The fraction of sp³-hybridized carbons (Fsp3) is 0.533. The van der Waals surface area contributed by atoms with Crippen LogP contribution in [-0.2, 0) is 4.79 Å². The van der Waals surface area contributed by atoms with E-state index in [0.717, 1.165) is 24.8 Å². The van der Waals surface area contributed by atoms with E-state index < -0.39 is 0 Å². The van der Waals surface area contributed by atoms with Crippen molar-refractivity contribution in [3.8, 4) is 0 Å². The maximum Gasteiger partial charge on any atom is 0.223 e. The van der Waals surface area contributed by atoms with E-state index in [1.54, 1.807) is 12.1 Å². The average molecular weight is 343 g/mol. The van der Waals surface area contributed by atoms with Crippen LogP contribution in [0.1, 0.15) is 44.2 Å². The molecule has 110 valence electrons. The van der Waals surface area contributed by atoms with Crippen molar-refractivity contribution >= 4 is 21.8 Å². The molecule has 1 aromatic rings. The molecule has 1 amide bonds. The molecular formula is C15H20BrFN2O. The molecule has 1 fully saturated rings. The first kappa shape index (κ1) is 15.4. The minimum atomic E-state index is -0.302. The number of halogens is 2. The van der Waals surface area contributed by atoms with Gasteiger partial charge in [-0.25, -0.2) is 4.39 Å². The zero-order valence-corrected chi connectivity index (χ0v) is 13.2. The lowest BCUT2D eigenvalue weighted by Crippen LogP contribution is -2.42. The molecule has 1 aliphatic heterocycles. The van der Waals surface area contributed by atoms with Crippen molar-refractivity contribution in [2.75, 3.05) is 6.54 Å². The quantitative estimate of drug-likeness (QED) is 0.915. The van der Waals surface area contributed by atoms with E-state index in [2.05, 4.69) is 15.9 Å². The van der Waals surface area contributed by atoms with Crippen molar-refractivity contribution < 1.29 is 9.18 Å². The molecule has 2 unspecified atom stereocenters. The SMILES string of the molecule is CCCN1C(=O)CCCC(N)C1c1ccc(F)c(Br)c1. The monoisotopic (exact) mass is 342 g/mol. The van der Waals surface area contributed by atoms with Gasteiger partial charge in [-0.3, -0.25) is 4.79 Å². The number of carbonyl (C=O) groups is 1. The summed E-state index contributed by atoms with van der Waals surface area (Å²) in [4.78, 5) is 14.1. The van der Waals surface area contributed by atoms with Crippen LogP contribution in [0.15, 0.2) is 22.7 Å². The van der Waals surface area contributed by atoms with Gasteiger partial charge in [0, 0.05) is 19.0 Å². The highest BCUT2D eigenvalue weighted by atomic mass is 79.9. The lowest BCUT2D eigenvalue weighted by molar-refractivity contribution is -0.133. The fourth-order valence-corrected chi connectivity index (χ4v) is 3.20. The van der Waals surface area contributed by atoms with Gasteiger partial charge in [0.05, 0.1) is 10.5 Å². The van der Waals surface area contributed by atoms with Gasteiger partial charge in [-0.1, -0.05) is 13.0 Å². The van der Waals surface area contributed by atoms with E-state index in [-0.39, 0.29) is 23.8 Å². The van der Waals surface area contributed by atoms with E-state index in [1.807, 2.05) is 11.8 Å². The molecule has 0 radical (unpaired) electrons. The van der Waals surface area contributed by atoms with Gasteiger partial charge in [-0.2, -0.15) is 0 Å². The molecule has 3 nitrogen and oxygen atoms in total. The Morgan fingerprint density at radius 2 is 2.25 bits per heavy atom. The van der Waals surface area contributed by atoms with Crippen molar-refractivity contribution in [2.45, 2.75) is 44.7 Å². The lowest BCUT2D eigenvalue weighted by atomic mass is 9.96. The number of carbonyl (C=O) groups excluding carboxylic acids is 1. The smallest absolute Gasteiger partial charge is 0.223 e. The molecule has 5 heteroatoms. The van der Waals surface area contributed by atoms with E-state index >= 15 is 0 Å². The Labute approximate surface area is 127 Å². The Bertz CT molecular complexity index is 495. The second-order valence-corrected chi connectivity index (χ2v) is 6.12. The van der Waals surface area contributed by atoms with E-state index in [4.69, 9.17) is 5.73 Å². The molecule has 0 saturated carbocycles. The predicted molar refractivity (Wildman–Crippen MR) is 80.7 cm³/mol. The normalized spacial score (nSPS) is 23.8. The van der Waals surface area contributed by atoms with Crippen LogP contribution in [0.2, 0.25) is 0 Å². The molecule has 0 spiro atoms. The van der Waals surface area contributed by atoms with E-state index in [0.29, 0.717) is 17.4 Å². The minimum absolute atomic E-state index is 0.106. The molecule has 1 heterocycles. The molecule has 2 atom stereocenters. The number of amides is 1. The first-order valence-corrected chi connectivity index (χ1v) is 7.84. The second-order valence-electron chi connectivity index (χ2n) is 5.26. The third-order valence-electron chi connectivity index (χ3n) is 3.74. The maximum atomic E-state index is 13.4. The van der Waals surface area contributed by atoms with Crippen LogP contribution in [0.25, 0.3) is 0 Å². The molecule has 0 bridgehead atoms. The first-order chi connectivity index (χ1) is 9.54. The second kappa shape index (κ2) is 6.68. The number of rotatable bonds is 3.